The van der Waals surface area contributed by atoms with Gasteiger partial charge in [0, 0.05) is 13.2 Å². The maximum absolute atomic E-state index is 8.45. The molecule has 0 aromatic heterocycles. The fourth-order valence-corrected chi connectivity index (χ4v) is 0.971. The summed E-state index contributed by atoms with van der Waals surface area (Å²) in [6, 6.07) is 0. The van der Waals surface area contributed by atoms with Crippen molar-refractivity contribution in [3.8, 4) is 0 Å². The number of aliphatic hydroxyl groups excluding tert-OH is 1. The number of hydrogen-bond acceptors (Lipinski definition) is 2. The van der Waals surface area contributed by atoms with Gasteiger partial charge in [-0.2, -0.15) is 0 Å². The first-order valence-corrected chi connectivity index (χ1v) is 3.97. The first kappa shape index (κ1) is 8.50. The molecule has 0 aromatic carbocycles. The van der Waals surface area contributed by atoms with Crippen LogP contribution >= 0.6 is 0 Å². The number of rotatable bonds is 5. The molecule has 0 saturated heterocycles. The van der Waals surface area contributed by atoms with Crippen LogP contribution < -0.4 is 0 Å². The average Bonchev–Trinajstić information content (AvgIpc) is 2.50. The van der Waals surface area contributed by atoms with E-state index in [0.717, 1.165) is 12.8 Å². The zero-order valence-electron chi connectivity index (χ0n) is 6.62. The van der Waals surface area contributed by atoms with Gasteiger partial charge in [0.25, 0.3) is 0 Å². The highest BCUT2D eigenvalue weighted by Crippen LogP contribution is 2.08. The first-order valence-electron chi connectivity index (χ1n) is 3.97. The Bertz CT molecular complexity index is 159. The number of ether oxygens (including phenoxy) is 1. The van der Waals surface area contributed by atoms with Gasteiger partial charge in [-0.05, 0) is 18.4 Å². The molecule has 0 fully saturated rings. The van der Waals surface area contributed by atoms with Crippen molar-refractivity contribution in [2.45, 2.75) is 12.8 Å². The van der Waals surface area contributed by atoms with Crippen LogP contribution in [-0.2, 0) is 4.74 Å². The minimum atomic E-state index is 0.217. The maximum Gasteiger partial charge on any atom is 0.0713 e. The standard InChI is InChI=1S/C9H14O2/c10-6-3-7-11-8-9-4-1-2-5-9/h1,4-5,10H,2-3,6-8H2. The molecule has 1 N–H and O–H groups in total. The number of aliphatic hydroxyl groups is 1. The largest absolute Gasteiger partial charge is 0.396 e. The summed E-state index contributed by atoms with van der Waals surface area (Å²) < 4.78 is 5.28. The summed E-state index contributed by atoms with van der Waals surface area (Å²) in [5.74, 6) is 0. The predicted octanol–water partition coefficient (Wildman–Crippen LogP) is 1.27. The molecule has 1 rings (SSSR count). The molecule has 0 aliphatic heterocycles. The number of allylic oxidation sites excluding steroid dienone is 2. The van der Waals surface area contributed by atoms with E-state index in [1.54, 1.807) is 0 Å². The molecule has 11 heavy (non-hydrogen) atoms. The molecule has 0 bridgehead atoms. The van der Waals surface area contributed by atoms with Crippen LogP contribution in [0.5, 0.6) is 0 Å². The van der Waals surface area contributed by atoms with E-state index in [4.69, 9.17) is 9.84 Å². The van der Waals surface area contributed by atoms with E-state index < -0.39 is 0 Å². The van der Waals surface area contributed by atoms with Crippen LogP contribution in [-0.4, -0.2) is 24.9 Å². The lowest BCUT2D eigenvalue weighted by atomic mass is 10.3. The first-order chi connectivity index (χ1) is 5.43. The molecule has 0 saturated carbocycles. The van der Waals surface area contributed by atoms with Crippen LogP contribution in [0.4, 0.5) is 0 Å². The Kier molecular flexibility index (Phi) is 3.94. The molecule has 2 nitrogen and oxygen atoms in total. The Labute approximate surface area is 67.2 Å². The fourth-order valence-electron chi connectivity index (χ4n) is 0.971. The minimum absolute atomic E-state index is 0.217. The maximum atomic E-state index is 8.45. The highest BCUT2D eigenvalue weighted by Gasteiger charge is 1.96. The van der Waals surface area contributed by atoms with Crippen molar-refractivity contribution in [1.29, 1.82) is 0 Å². The summed E-state index contributed by atoms with van der Waals surface area (Å²) in [6.07, 6.45) is 8.12. The van der Waals surface area contributed by atoms with E-state index in [-0.39, 0.29) is 6.61 Å². The van der Waals surface area contributed by atoms with Crippen LogP contribution in [0.15, 0.2) is 23.8 Å². The lowest BCUT2D eigenvalue weighted by Gasteiger charge is -2.01. The minimum Gasteiger partial charge on any atom is -0.396 e. The molecule has 2 heteroatoms. The van der Waals surface area contributed by atoms with Crippen LogP contribution in [0.1, 0.15) is 12.8 Å². The zero-order valence-corrected chi connectivity index (χ0v) is 6.62. The van der Waals surface area contributed by atoms with E-state index in [9.17, 15) is 0 Å². The van der Waals surface area contributed by atoms with Crippen molar-refractivity contribution in [3.63, 3.8) is 0 Å². The Morgan fingerprint density at radius 1 is 1.55 bits per heavy atom. The molecular weight excluding hydrogens is 140 g/mol. The molecule has 0 radical (unpaired) electrons. The third-order valence-corrected chi connectivity index (χ3v) is 1.56. The number of hydrogen-bond donors (Lipinski definition) is 1. The average molecular weight is 154 g/mol. The molecular formula is C9H14O2. The normalized spacial score (nSPS) is 15.5. The third kappa shape index (κ3) is 3.35. The van der Waals surface area contributed by atoms with Gasteiger partial charge in [-0.25, -0.2) is 0 Å². The molecule has 0 unspecified atom stereocenters. The highest BCUT2D eigenvalue weighted by atomic mass is 16.5. The highest BCUT2D eigenvalue weighted by molar-refractivity contribution is 5.26. The van der Waals surface area contributed by atoms with E-state index in [2.05, 4.69) is 18.2 Å². The second-order valence-corrected chi connectivity index (χ2v) is 2.55. The molecule has 0 aromatic rings. The van der Waals surface area contributed by atoms with E-state index >= 15 is 0 Å². The molecule has 0 spiro atoms. The summed E-state index contributed by atoms with van der Waals surface area (Å²) in [7, 11) is 0. The Balaban J connectivity index is 1.99. The van der Waals surface area contributed by atoms with Crippen LogP contribution in [0.2, 0.25) is 0 Å². The molecule has 0 atom stereocenters. The lowest BCUT2D eigenvalue weighted by molar-refractivity contribution is 0.135. The van der Waals surface area contributed by atoms with Gasteiger partial charge in [-0.1, -0.05) is 18.2 Å². The van der Waals surface area contributed by atoms with Crippen molar-refractivity contribution in [1.82, 2.24) is 0 Å². The lowest BCUT2D eigenvalue weighted by Crippen LogP contribution is -1.99. The van der Waals surface area contributed by atoms with Crippen LogP contribution in [0.3, 0.4) is 0 Å². The van der Waals surface area contributed by atoms with Crippen molar-refractivity contribution >= 4 is 0 Å². The summed E-state index contributed by atoms with van der Waals surface area (Å²) in [5.41, 5.74) is 1.25. The Hall–Kier alpha value is -0.600. The molecule has 0 amide bonds. The zero-order chi connectivity index (χ0) is 7.94. The second kappa shape index (κ2) is 5.10. The molecule has 62 valence electrons. The molecule has 1 aliphatic carbocycles. The van der Waals surface area contributed by atoms with Crippen molar-refractivity contribution < 1.29 is 9.84 Å². The Morgan fingerprint density at radius 2 is 2.45 bits per heavy atom. The third-order valence-electron chi connectivity index (χ3n) is 1.56. The smallest absolute Gasteiger partial charge is 0.0713 e. The second-order valence-electron chi connectivity index (χ2n) is 2.55. The van der Waals surface area contributed by atoms with Gasteiger partial charge in [0.15, 0.2) is 0 Å². The Morgan fingerprint density at radius 3 is 3.09 bits per heavy atom. The van der Waals surface area contributed by atoms with Crippen LogP contribution in [0.25, 0.3) is 0 Å². The summed E-state index contributed by atoms with van der Waals surface area (Å²) in [6.45, 7) is 1.56. The summed E-state index contributed by atoms with van der Waals surface area (Å²) in [5, 5.41) is 8.45. The predicted molar refractivity (Wildman–Crippen MR) is 44.4 cm³/mol. The van der Waals surface area contributed by atoms with Crippen LogP contribution in [0, 0.1) is 0 Å². The van der Waals surface area contributed by atoms with Gasteiger partial charge < -0.3 is 9.84 Å². The quantitative estimate of drug-likeness (QED) is 0.604. The van der Waals surface area contributed by atoms with E-state index in [1.165, 1.54) is 5.57 Å². The monoisotopic (exact) mass is 154 g/mol. The molecule has 0 heterocycles. The summed E-state index contributed by atoms with van der Waals surface area (Å²) in [4.78, 5) is 0. The van der Waals surface area contributed by atoms with E-state index in [1.807, 2.05) is 0 Å². The fraction of sp³-hybridized carbons (Fsp3) is 0.556. The van der Waals surface area contributed by atoms with Gasteiger partial charge in [0.1, 0.15) is 0 Å². The van der Waals surface area contributed by atoms with Gasteiger partial charge in [-0.15, -0.1) is 0 Å². The van der Waals surface area contributed by atoms with Gasteiger partial charge in [-0.3, -0.25) is 0 Å². The van der Waals surface area contributed by atoms with Crippen molar-refractivity contribution in [3.05, 3.63) is 23.8 Å². The van der Waals surface area contributed by atoms with Crippen molar-refractivity contribution in [2.24, 2.45) is 0 Å². The molecule has 1 aliphatic rings. The van der Waals surface area contributed by atoms with Crippen molar-refractivity contribution in [2.75, 3.05) is 19.8 Å². The van der Waals surface area contributed by atoms with Gasteiger partial charge in [0.2, 0.25) is 0 Å². The van der Waals surface area contributed by atoms with E-state index in [0.29, 0.717) is 13.2 Å². The van der Waals surface area contributed by atoms with Gasteiger partial charge >= 0.3 is 0 Å². The SMILES string of the molecule is OCCCOCC1=CCC=C1. The topological polar surface area (TPSA) is 29.5 Å². The van der Waals surface area contributed by atoms with Gasteiger partial charge in [0.05, 0.1) is 6.61 Å². The summed E-state index contributed by atoms with van der Waals surface area (Å²) >= 11 is 0.